The lowest BCUT2D eigenvalue weighted by Crippen LogP contribution is -2.45. The fourth-order valence-electron chi connectivity index (χ4n) is 2.52. The average molecular weight is 267 g/mol. The van der Waals surface area contributed by atoms with Crippen molar-refractivity contribution in [1.82, 2.24) is 10.2 Å². The second-order valence-corrected chi connectivity index (χ2v) is 4.88. The van der Waals surface area contributed by atoms with Gasteiger partial charge in [-0.25, -0.2) is 0 Å². The number of hydrogen-bond donors (Lipinski definition) is 1. The summed E-state index contributed by atoms with van der Waals surface area (Å²) in [5.74, 6) is 0.564. The minimum Gasteiger partial charge on any atom is -0.404 e. The topological polar surface area (TPSA) is 71.5 Å². The van der Waals surface area contributed by atoms with E-state index in [4.69, 9.17) is 4.42 Å². The zero-order valence-electron chi connectivity index (χ0n) is 11.3. The number of nitro groups is 1. The Hall–Kier alpha value is -1.40. The molecule has 1 saturated heterocycles. The fraction of sp³-hybridized carbons (Fsp3) is 0.692. The van der Waals surface area contributed by atoms with Gasteiger partial charge in [-0.2, -0.15) is 0 Å². The van der Waals surface area contributed by atoms with E-state index in [1.165, 1.54) is 6.07 Å². The molecule has 1 atom stereocenters. The van der Waals surface area contributed by atoms with Gasteiger partial charge in [-0.05, 0) is 12.5 Å². The van der Waals surface area contributed by atoms with Crippen molar-refractivity contribution >= 4 is 5.88 Å². The van der Waals surface area contributed by atoms with Crippen LogP contribution in [0.15, 0.2) is 16.5 Å². The first-order valence-electron chi connectivity index (χ1n) is 6.91. The van der Waals surface area contributed by atoms with Crippen molar-refractivity contribution in [3.63, 3.8) is 0 Å². The molecule has 0 amide bonds. The van der Waals surface area contributed by atoms with E-state index < -0.39 is 4.92 Å². The van der Waals surface area contributed by atoms with E-state index in [1.54, 1.807) is 6.07 Å². The summed E-state index contributed by atoms with van der Waals surface area (Å²) in [5, 5.41) is 14.0. The molecule has 6 nitrogen and oxygen atoms in total. The van der Waals surface area contributed by atoms with Gasteiger partial charge in [-0.3, -0.25) is 15.0 Å². The van der Waals surface area contributed by atoms with Crippen LogP contribution in [0.4, 0.5) is 5.88 Å². The van der Waals surface area contributed by atoms with E-state index in [2.05, 4.69) is 17.1 Å². The summed E-state index contributed by atoms with van der Waals surface area (Å²) < 4.78 is 5.40. The first-order valence-corrected chi connectivity index (χ1v) is 6.91. The van der Waals surface area contributed by atoms with Gasteiger partial charge in [0.2, 0.25) is 0 Å². The molecule has 19 heavy (non-hydrogen) atoms. The largest absolute Gasteiger partial charge is 0.433 e. The maximum Gasteiger partial charge on any atom is 0.433 e. The molecule has 106 valence electrons. The third-order valence-corrected chi connectivity index (χ3v) is 3.54. The highest BCUT2D eigenvalue weighted by Gasteiger charge is 2.26. The van der Waals surface area contributed by atoms with Crippen LogP contribution in [-0.4, -0.2) is 36.0 Å². The monoisotopic (exact) mass is 267 g/mol. The van der Waals surface area contributed by atoms with Crippen LogP contribution in [0.2, 0.25) is 0 Å². The summed E-state index contributed by atoms with van der Waals surface area (Å²) in [6, 6.07) is 3.37. The molecule has 0 radical (unpaired) electrons. The molecule has 0 saturated carbocycles. The zero-order chi connectivity index (χ0) is 13.7. The minimum atomic E-state index is -0.474. The van der Waals surface area contributed by atoms with Crippen LogP contribution >= 0.6 is 0 Å². The lowest BCUT2D eigenvalue weighted by molar-refractivity contribution is -0.402. The second kappa shape index (κ2) is 6.68. The van der Waals surface area contributed by atoms with Crippen LogP contribution in [-0.2, 0) is 0 Å². The standard InChI is InChI=1S/C13H21N3O3/c1-2-3-4-11(15-9-7-14-8-10-15)12-5-6-13(19-12)16(17)18/h5-6,11,14H,2-4,7-10H2,1H3/t11-/m1/s1. The van der Waals surface area contributed by atoms with Crippen molar-refractivity contribution in [3.8, 4) is 0 Å². The van der Waals surface area contributed by atoms with Gasteiger partial charge in [0.25, 0.3) is 0 Å². The maximum atomic E-state index is 10.7. The lowest BCUT2D eigenvalue weighted by Gasteiger charge is -2.33. The Labute approximate surface area is 112 Å². The molecule has 6 heteroatoms. The fourth-order valence-corrected chi connectivity index (χ4v) is 2.52. The van der Waals surface area contributed by atoms with Crippen molar-refractivity contribution in [3.05, 3.63) is 28.0 Å². The third-order valence-electron chi connectivity index (χ3n) is 3.54. The first-order chi connectivity index (χ1) is 9.22. The van der Waals surface area contributed by atoms with Crippen molar-refractivity contribution in [1.29, 1.82) is 0 Å². The zero-order valence-corrected chi connectivity index (χ0v) is 11.3. The molecule has 1 aromatic heterocycles. The van der Waals surface area contributed by atoms with Crippen molar-refractivity contribution in [2.45, 2.75) is 32.2 Å². The molecule has 1 fully saturated rings. The van der Waals surface area contributed by atoms with E-state index in [-0.39, 0.29) is 11.9 Å². The molecule has 2 heterocycles. The van der Waals surface area contributed by atoms with Gasteiger partial charge in [-0.1, -0.05) is 19.8 Å². The predicted molar refractivity (Wildman–Crippen MR) is 72.1 cm³/mol. The molecule has 0 aromatic carbocycles. The average Bonchev–Trinajstić information content (AvgIpc) is 2.90. The van der Waals surface area contributed by atoms with Crippen LogP contribution in [0.1, 0.15) is 38.0 Å². The highest BCUT2D eigenvalue weighted by atomic mass is 16.6. The van der Waals surface area contributed by atoms with Crippen LogP contribution in [0.3, 0.4) is 0 Å². The number of nitrogens with zero attached hydrogens (tertiary/aromatic N) is 2. The smallest absolute Gasteiger partial charge is 0.404 e. The third kappa shape index (κ3) is 3.54. The summed E-state index contributed by atoms with van der Waals surface area (Å²) in [6.07, 6.45) is 3.20. The summed E-state index contributed by atoms with van der Waals surface area (Å²) in [5.41, 5.74) is 0. The quantitative estimate of drug-likeness (QED) is 0.632. The van der Waals surface area contributed by atoms with Gasteiger partial charge in [-0.15, -0.1) is 0 Å². The lowest BCUT2D eigenvalue weighted by atomic mass is 10.0. The Morgan fingerprint density at radius 3 is 2.79 bits per heavy atom. The highest BCUT2D eigenvalue weighted by molar-refractivity contribution is 5.20. The molecule has 2 rings (SSSR count). The summed E-state index contributed by atoms with van der Waals surface area (Å²) in [6.45, 7) is 6.00. The van der Waals surface area contributed by atoms with E-state index in [9.17, 15) is 10.1 Å². The van der Waals surface area contributed by atoms with E-state index in [1.807, 2.05) is 0 Å². The van der Waals surface area contributed by atoms with E-state index in [0.717, 1.165) is 51.2 Å². The molecule has 0 aliphatic carbocycles. The number of rotatable bonds is 6. The van der Waals surface area contributed by atoms with Crippen LogP contribution in [0, 0.1) is 10.1 Å². The van der Waals surface area contributed by atoms with Gasteiger partial charge < -0.3 is 9.73 Å². The van der Waals surface area contributed by atoms with Crippen molar-refractivity contribution in [2.75, 3.05) is 26.2 Å². The number of nitrogens with one attached hydrogen (secondary N) is 1. The molecule has 0 unspecified atom stereocenters. The number of unbranched alkanes of at least 4 members (excludes halogenated alkanes) is 1. The summed E-state index contributed by atoms with van der Waals surface area (Å²) in [7, 11) is 0. The van der Waals surface area contributed by atoms with Crippen molar-refractivity contribution in [2.24, 2.45) is 0 Å². The number of furan rings is 1. The van der Waals surface area contributed by atoms with Gasteiger partial charge in [0, 0.05) is 26.2 Å². The summed E-state index contributed by atoms with van der Waals surface area (Å²) >= 11 is 0. The Morgan fingerprint density at radius 1 is 1.47 bits per heavy atom. The SMILES string of the molecule is CCCC[C@H](c1ccc([N+](=O)[O-])o1)N1CCNCC1. The van der Waals surface area contributed by atoms with Gasteiger partial charge in [0.15, 0.2) is 0 Å². The Bertz CT molecular complexity index is 413. The Balaban J connectivity index is 2.12. The molecule has 1 aliphatic rings. The first kappa shape index (κ1) is 14.0. The molecule has 1 aliphatic heterocycles. The second-order valence-electron chi connectivity index (χ2n) is 4.88. The van der Waals surface area contributed by atoms with Crippen LogP contribution < -0.4 is 5.32 Å². The number of piperazine rings is 1. The molecule has 0 bridgehead atoms. The summed E-state index contributed by atoms with van der Waals surface area (Å²) in [4.78, 5) is 12.6. The number of hydrogen-bond acceptors (Lipinski definition) is 5. The van der Waals surface area contributed by atoms with E-state index in [0.29, 0.717) is 0 Å². The van der Waals surface area contributed by atoms with Crippen LogP contribution in [0.5, 0.6) is 0 Å². The molecular weight excluding hydrogens is 246 g/mol. The van der Waals surface area contributed by atoms with Gasteiger partial charge in [0.05, 0.1) is 12.1 Å². The predicted octanol–water partition coefficient (Wildman–Crippen LogP) is 2.32. The highest BCUT2D eigenvalue weighted by Crippen LogP contribution is 2.30. The minimum absolute atomic E-state index is 0.161. The Morgan fingerprint density at radius 2 is 2.21 bits per heavy atom. The van der Waals surface area contributed by atoms with Gasteiger partial charge in [0.1, 0.15) is 10.7 Å². The van der Waals surface area contributed by atoms with Crippen molar-refractivity contribution < 1.29 is 9.34 Å². The normalized spacial score (nSPS) is 18.4. The molecule has 0 spiro atoms. The Kier molecular flexibility index (Phi) is 4.93. The van der Waals surface area contributed by atoms with E-state index >= 15 is 0 Å². The maximum absolute atomic E-state index is 10.7. The van der Waals surface area contributed by atoms with Crippen LogP contribution in [0.25, 0.3) is 0 Å². The molecule has 1 aromatic rings. The van der Waals surface area contributed by atoms with Gasteiger partial charge >= 0.3 is 5.88 Å². The molecular formula is C13H21N3O3. The molecule has 1 N–H and O–H groups in total.